The van der Waals surface area contributed by atoms with E-state index in [2.05, 4.69) is 10.2 Å². The van der Waals surface area contributed by atoms with Gasteiger partial charge in [-0.15, -0.1) is 0 Å². The molecule has 3 nitrogen and oxygen atoms in total. The number of halogens is 1. The molecule has 1 aromatic carbocycles. The van der Waals surface area contributed by atoms with Gasteiger partial charge in [0.1, 0.15) is 5.82 Å². The van der Waals surface area contributed by atoms with Gasteiger partial charge in [-0.3, -0.25) is 4.79 Å². The van der Waals surface area contributed by atoms with E-state index in [9.17, 15) is 9.18 Å². The van der Waals surface area contributed by atoms with Crippen LogP contribution in [0.2, 0.25) is 0 Å². The Hall–Kier alpha value is -1.97. The molecular formula is C11H9FN2O. The van der Waals surface area contributed by atoms with Gasteiger partial charge in [-0.25, -0.2) is 9.49 Å². The molecule has 0 atom stereocenters. The van der Waals surface area contributed by atoms with E-state index in [-0.39, 0.29) is 11.4 Å². The molecule has 0 unspecified atom stereocenters. The third kappa shape index (κ3) is 1.79. The summed E-state index contributed by atoms with van der Waals surface area (Å²) in [6, 6.07) is 7.88. The van der Waals surface area contributed by atoms with E-state index in [1.54, 1.807) is 31.2 Å². The number of aryl methyl sites for hydroxylation is 1. The Bertz CT molecular complexity index is 548. The molecule has 76 valence electrons. The van der Waals surface area contributed by atoms with Gasteiger partial charge in [0.25, 0.3) is 5.56 Å². The molecule has 0 aliphatic carbocycles. The molecule has 0 radical (unpaired) electrons. The molecule has 4 heteroatoms. The Morgan fingerprint density at radius 2 is 2.07 bits per heavy atom. The number of hydrogen-bond acceptors (Lipinski definition) is 2. The first-order chi connectivity index (χ1) is 7.18. The first-order valence-electron chi connectivity index (χ1n) is 4.50. The highest BCUT2D eigenvalue weighted by Gasteiger charge is 2.06. The molecule has 0 saturated heterocycles. The number of benzene rings is 1. The minimum Gasteiger partial charge on any atom is -0.268 e. The molecular weight excluding hydrogens is 195 g/mol. The highest BCUT2D eigenvalue weighted by molar-refractivity contribution is 5.59. The number of aromatic nitrogens is 2. The van der Waals surface area contributed by atoms with Crippen LogP contribution in [0.4, 0.5) is 4.39 Å². The normalized spacial score (nSPS) is 10.3. The number of aromatic amines is 1. The van der Waals surface area contributed by atoms with Crippen molar-refractivity contribution in [1.82, 2.24) is 10.2 Å². The lowest BCUT2D eigenvalue weighted by atomic mass is 10.1. The Labute approximate surface area is 85.6 Å². The van der Waals surface area contributed by atoms with E-state index in [4.69, 9.17) is 0 Å². The van der Waals surface area contributed by atoms with Crippen molar-refractivity contribution >= 4 is 0 Å². The van der Waals surface area contributed by atoms with E-state index < -0.39 is 0 Å². The van der Waals surface area contributed by atoms with Gasteiger partial charge in [0.2, 0.25) is 0 Å². The topological polar surface area (TPSA) is 45.8 Å². The Kier molecular flexibility index (Phi) is 2.33. The van der Waals surface area contributed by atoms with Gasteiger partial charge < -0.3 is 0 Å². The second-order valence-electron chi connectivity index (χ2n) is 3.25. The molecule has 0 bridgehead atoms. The van der Waals surface area contributed by atoms with Crippen molar-refractivity contribution < 1.29 is 4.39 Å². The zero-order valence-corrected chi connectivity index (χ0v) is 8.12. The lowest BCUT2D eigenvalue weighted by Gasteiger charge is -2.01. The summed E-state index contributed by atoms with van der Waals surface area (Å²) in [4.78, 5) is 11.1. The third-order valence-electron chi connectivity index (χ3n) is 2.14. The summed E-state index contributed by atoms with van der Waals surface area (Å²) in [5.41, 5.74) is 1.08. The average molecular weight is 204 g/mol. The second-order valence-corrected chi connectivity index (χ2v) is 3.25. The van der Waals surface area contributed by atoms with Crippen molar-refractivity contribution in [2.75, 3.05) is 0 Å². The maximum Gasteiger partial charge on any atom is 0.267 e. The molecule has 1 aromatic heterocycles. The van der Waals surface area contributed by atoms with Crippen molar-refractivity contribution in [2.24, 2.45) is 0 Å². The molecule has 1 N–H and O–H groups in total. The van der Waals surface area contributed by atoms with E-state index in [1.807, 2.05) is 0 Å². The molecule has 15 heavy (non-hydrogen) atoms. The van der Waals surface area contributed by atoms with Crippen molar-refractivity contribution in [3.05, 3.63) is 52.1 Å². The van der Waals surface area contributed by atoms with Crippen LogP contribution in [0.3, 0.4) is 0 Å². The number of nitrogens with one attached hydrogen (secondary N) is 1. The van der Waals surface area contributed by atoms with Crippen LogP contribution < -0.4 is 5.56 Å². The summed E-state index contributed by atoms with van der Waals surface area (Å²) in [7, 11) is 0. The largest absolute Gasteiger partial charge is 0.268 e. The SMILES string of the molecule is Cc1cc(-c2ccccc2F)n[nH]c1=O. The molecule has 0 amide bonds. The van der Waals surface area contributed by atoms with Gasteiger partial charge in [-0.2, -0.15) is 5.10 Å². The quantitative estimate of drug-likeness (QED) is 0.770. The maximum absolute atomic E-state index is 13.4. The minimum absolute atomic E-state index is 0.255. The molecule has 0 saturated carbocycles. The van der Waals surface area contributed by atoms with E-state index >= 15 is 0 Å². The molecule has 1 heterocycles. The standard InChI is InChI=1S/C11H9FN2O/c1-7-6-10(13-14-11(7)15)8-4-2-3-5-9(8)12/h2-6H,1H3,(H,14,15). The Morgan fingerprint density at radius 1 is 1.33 bits per heavy atom. The predicted molar refractivity (Wildman–Crippen MR) is 55.0 cm³/mol. The maximum atomic E-state index is 13.4. The Morgan fingerprint density at radius 3 is 2.73 bits per heavy atom. The van der Waals surface area contributed by atoms with Crippen molar-refractivity contribution in [3.8, 4) is 11.3 Å². The monoisotopic (exact) mass is 204 g/mol. The van der Waals surface area contributed by atoms with Crippen LogP contribution in [0.25, 0.3) is 11.3 Å². The smallest absolute Gasteiger partial charge is 0.267 e. The zero-order valence-electron chi connectivity index (χ0n) is 8.12. The van der Waals surface area contributed by atoms with Gasteiger partial charge in [0.15, 0.2) is 0 Å². The fourth-order valence-corrected chi connectivity index (χ4v) is 1.31. The van der Waals surface area contributed by atoms with Gasteiger partial charge in [-0.05, 0) is 25.1 Å². The molecule has 2 rings (SSSR count). The fourth-order valence-electron chi connectivity index (χ4n) is 1.31. The van der Waals surface area contributed by atoms with Crippen molar-refractivity contribution in [3.63, 3.8) is 0 Å². The minimum atomic E-state index is -0.351. The highest BCUT2D eigenvalue weighted by atomic mass is 19.1. The lowest BCUT2D eigenvalue weighted by molar-refractivity contribution is 0.630. The van der Waals surface area contributed by atoms with Gasteiger partial charge in [-0.1, -0.05) is 12.1 Å². The number of hydrogen-bond donors (Lipinski definition) is 1. The van der Waals surface area contributed by atoms with E-state index in [0.29, 0.717) is 16.8 Å². The summed E-state index contributed by atoms with van der Waals surface area (Å²) >= 11 is 0. The number of nitrogens with zero attached hydrogens (tertiary/aromatic N) is 1. The Balaban J connectivity index is 2.60. The van der Waals surface area contributed by atoms with E-state index in [1.165, 1.54) is 6.07 Å². The summed E-state index contributed by atoms with van der Waals surface area (Å²) in [5, 5.41) is 6.11. The first kappa shape index (κ1) is 9.58. The number of H-pyrrole nitrogens is 1. The number of rotatable bonds is 1. The van der Waals surface area contributed by atoms with Gasteiger partial charge in [0.05, 0.1) is 5.69 Å². The van der Waals surface area contributed by atoms with Crippen LogP contribution in [0.15, 0.2) is 35.1 Å². The molecule has 0 spiro atoms. The summed E-state index contributed by atoms with van der Waals surface area (Å²) in [6.45, 7) is 1.66. The lowest BCUT2D eigenvalue weighted by Crippen LogP contribution is -2.11. The molecule has 2 aromatic rings. The van der Waals surface area contributed by atoms with Crippen LogP contribution in [0, 0.1) is 12.7 Å². The molecule has 0 fully saturated rings. The summed E-state index contributed by atoms with van der Waals surface area (Å²) in [5.74, 6) is -0.351. The second kappa shape index (κ2) is 3.65. The zero-order chi connectivity index (χ0) is 10.8. The van der Waals surface area contributed by atoms with Crippen LogP contribution >= 0.6 is 0 Å². The fraction of sp³-hybridized carbons (Fsp3) is 0.0909. The summed E-state index contributed by atoms with van der Waals surface area (Å²) in [6.07, 6.45) is 0. The van der Waals surface area contributed by atoms with E-state index in [0.717, 1.165) is 0 Å². The average Bonchev–Trinajstić information content (AvgIpc) is 2.23. The molecule has 0 aliphatic rings. The van der Waals surface area contributed by atoms with Crippen LogP contribution in [-0.2, 0) is 0 Å². The van der Waals surface area contributed by atoms with Crippen molar-refractivity contribution in [2.45, 2.75) is 6.92 Å². The van der Waals surface area contributed by atoms with Crippen LogP contribution in [0.5, 0.6) is 0 Å². The third-order valence-corrected chi connectivity index (χ3v) is 2.14. The van der Waals surface area contributed by atoms with Crippen LogP contribution in [0.1, 0.15) is 5.56 Å². The van der Waals surface area contributed by atoms with Gasteiger partial charge in [0, 0.05) is 11.1 Å². The van der Waals surface area contributed by atoms with Crippen molar-refractivity contribution in [1.29, 1.82) is 0 Å². The van der Waals surface area contributed by atoms with Gasteiger partial charge >= 0.3 is 0 Å². The highest BCUT2D eigenvalue weighted by Crippen LogP contribution is 2.19. The predicted octanol–water partition coefficient (Wildman–Crippen LogP) is 1.88. The van der Waals surface area contributed by atoms with Crippen LogP contribution in [-0.4, -0.2) is 10.2 Å². The summed E-state index contributed by atoms with van der Waals surface area (Å²) < 4.78 is 13.4. The molecule has 0 aliphatic heterocycles. The first-order valence-corrected chi connectivity index (χ1v) is 4.50.